The highest BCUT2D eigenvalue weighted by Crippen LogP contribution is 2.22. The Balaban J connectivity index is 2.34. The molecule has 0 aliphatic carbocycles. The third-order valence-corrected chi connectivity index (χ3v) is 5.42. The van der Waals surface area contributed by atoms with E-state index in [2.05, 4.69) is 11.8 Å². The Labute approximate surface area is 125 Å². The van der Waals surface area contributed by atoms with Crippen LogP contribution in [0.2, 0.25) is 0 Å². The fourth-order valence-corrected chi connectivity index (χ4v) is 3.96. The molecule has 1 aliphatic rings. The van der Waals surface area contributed by atoms with Crippen molar-refractivity contribution in [2.24, 2.45) is 0 Å². The summed E-state index contributed by atoms with van der Waals surface area (Å²) in [4.78, 5) is 0.267. The molecule has 1 heterocycles. The van der Waals surface area contributed by atoms with E-state index >= 15 is 0 Å². The van der Waals surface area contributed by atoms with Crippen molar-refractivity contribution in [3.8, 4) is 11.8 Å². The zero-order valence-electron chi connectivity index (χ0n) is 12.2. The zero-order valence-corrected chi connectivity index (χ0v) is 13.0. The lowest BCUT2D eigenvalue weighted by Gasteiger charge is -2.32. The molecule has 0 bridgehead atoms. The van der Waals surface area contributed by atoms with Crippen molar-refractivity contribution in [1.29, 1.82) is 0 Å². The van der Waals surface area contributed by atoms with Crippen molar-refractivity contribution in [2.75, 3.05) is 26.4 Å². The van der Waals surface area contributed by atoms with Crippen molar-refractivity contribution in [3.63, 3.8) is 0 Å². The number of aryl methyl sites for hydroxylation is 1. The van der Waals surface area contributed by atoms with E-state index in [1.165, 1.54) is 4.31 Å². The van der Waals surface area contributed by atoms with Gasteiger partial charge in [-0.15, -0.1) is 0 Å². The summed E-state index contributed by atoms with van der Waals surface area (Å²) in [6, 6.07) is 4.69. The monoisotopic (exact) mass is 309 g/mol. The van der Waals surface area contributed by atoms with Crippen LogP contribution in [0.5, 0.6) is 0 Å². The van der Waals surface area contributed by atoms with E-state index in [-0.39, 0.29) is 17.5 Å². The van der Waals surface area contributed by atoms with Gasteiger partial charge in [0.05, 0.1) is 18.1 Å². The van der Waals surface area contributed by atoms with Gasteiger partial charge in [-0.05, 0) is 37.6 Å². The fraction of sp³-hybridized carbons (Fsp3) is 0.467. The second kappa shape index (κ2) is 6.58. The number of aliphatic hydroxyl groups excluding tert-OH is 1. The van der Waals surface area contributed by atoms with Crippen LogP contribution < -0.4 is 0 Å². The lowest BCUT2D eigenvalue weighted by atomic mass is 10.1. The molecule has 1 aromatic carbocycles. The van der Waals surface area contributed by atoms with Crippen LogP contribution in [0.3, 0.4) is 0 Å². The quantitative estimate of drug-likeness (QED) is 0.819. The molecule has 1 unspecified atom stereocenters. The number of hydrogen-bond donors (Lipinski definition) is 1. The van der Waals surface area contributed by atoms with Crippen LogP contribution in [0.15, 0.2) is 23.1 Å². The Morgan fingerprint density at radius 3 is 2.86 bits per heavy atom. The van der Waals surface area contributed by atoms with Crippen molar-refractivity contribution >= 4 is 10.0 Å². The zero-order chi connectivity index (χ0) is 15.5. The molecule has 0 spiro atoms. The van der Waals surface area contributed by atoms with Crippen LogP contribution >= 0.6 is 0 Å². The summed E-state index contributed by atoms with van der Waals surface area (Å²) in [5.41, 5.74) is 1.50. The van der Waals surface area contributed by atoms with Gasteiger partial charge < -0.3 is 9.84 Å². The molecule has 1 fully saturated rings. The molecule has 0 aromatic heterocycles. The molecule has 1 aromatic rings. The van der Waals surface area contributed by atoms with Gasteiger partial charge in [0.1, 0.15) is 6.61 Å². The second-order valence-corrected chi connectivity index (χ2v) is 6.87. The Bertz CT molecular complexity index is 673. The molecule has 0 amide bonds. The van der Waals surface area contributed by atoms with E-state index in [0.717, 1.165) is 11.1 Å². The van der Waals surface area contributed by atoms with E-state index in [0.29, 0.717) is 19.8 Å². The minimum atomic E-state index is -3.52. The molecule has 1 aliphatic heterocycles. The van der Waals surface area contributed by atoms with E-state index in [9.17, 15) is 8.42 Å². The van der Waals surface area contributed by atoms with Crippen molar-refractivity contribution in [3.05, 3.63) is 29.3 Å². The summed E-state index contributed by atoms with van der Waals surface area (Å²) in [5.74, 6) is 5.36. The number of sulfonamides is 1. The van der Waals surface area contributed by atoms with Crippen molar-refractivity contribution in [2.45, 2.75) is 24.8 Å². The topological polar surface area (TPSA) is 66.8 Å². The highest BCUT2D eigenvalue weighted by atomic mass is 32.2. The molecule has 6 heteroatoms. The standard InChI is InChI=1S/C15H19NO4S/c1-12-10-15(6-5-14(12)4-3-8-17)21(18,19)16-7-9-20-11-13(16)2/h5-6,10,13,17H,7-9,11H2,1-2H3. The van der Waals surface area contributed by atoms with Crippen LogP contribution in [-0.4, -0.2) is 50.2 Å². The lowest BCUT2D eigenvalue weighted by Crippen LogP contribution is -2.46. The fourth-order valence-electron chi connectivity index (χ4n) is 2.28. The van der Waals surface area contributed by atoms with Gasteiger partial charge in [0.2, 0.25) is 10.0 Å². The third kappa shape index (κ3) is 3.44. The molecule has 1 N–H and O–H groups in total. The van der Waals surface area contributed by atoms with Crippen LogP contribution in [0.1, 0.15) is 18.1 Å². The van der Waals surface area contributed by atoms with Crippen LogP contribution in [0.25, 0.3) is 0 Å². The summed E-state index contributed by atoms with van der Waals surface area (Å²) in [6.07, 6.45) is 0. The van der Waals surface area contributed by atoms with Gasteiger partial charge in [-0.2, -0.15) is 4.31 Å². The number of ether oxygens (including phenoxy) is 1. The maximum Gasteiger partial charge on any atom is 0.243 e. The van der Waals surface area contributed by atoms with E-state index in [1.54, 1.807) is 18.2 Å². The van der Waals surface area contributed by atoms with Crippen molar-refractivity contribution in [1.82, 2.24) is 4.31 Å². The second-order valence-electron chi connectivity index (χ2n) is 4.98. The number of benzene rings is 1. The number of aliphatic hydroxyl groups is 1. The van der Waals surface area contributed by atoms with Gasteiger partial charge in [-0.3, -0.25) is 0 Å². The molecule has 2 rings (SSSR count). The maximum absolute atomic E-state index is 12.7. The van der Waals surface area contributed by atoms with Crippen LogP contribution in [0.4, 0.5) is 0 Å². The number of hydrogen-bond acceptors (Lipinski definition) is 4. The molecular formula is C15H19NO4S. The molecule has 1 atom stereocenters. The number of morpholine rings is 1. The summed E-state index contributed by atoms with van der Waals surface area (Å²) in [6.45, 7) is 4.63. The summed E-state index contributed by atoms with van der Waals surface area (Å²) < 4.78 is 32.1. The molecule has 0 saturated carbocycles. The number of rotatable bonds is 2. The first-order valence-electron chi connectivity index (χ1n) is 6.77. The van der Waals surface area contributed by atoms with E-state index in [4.69, 9.17) is 9.84 Å². The van der Waals surface area contributed by atoms with Gasteiger partial charge in [0.15, 0.2) is 0 Å². The first kappa shape index (κ1) is 16.0. The Morgan fingerprint density at radius 2 is 2.24 bits per heavy atom. The smallest absolute Gasteiger partial charge is 0.243 e. The minimum Gasteiger partial charge on any atom is -0.384 e. The third-order valence-electron chi connectivity index (χ3n) is 3.41. The first-order valence-corrected chi connectivity index (χ1v) is 8.21. The predicted octanol–water partition coefficient (Wildman–Crippen LogP) is 0.748. The SMILES string of the molecule is Cc1cc(S(=O)(=O)N2CCOCC2C)ccc1C#CCO. The first-order chi connectivity index (χ1) is 9.96. The Kier molecular flexibility index (Phi) is 5.01. The molecule has 21 heavy (non-hydrogen) atoms. The van der Waals surface area contributed by atoms with E-state index in [1.807, 2.05) is 13.8 Å². The Morgan fingerprint density at radius 1 is 1.48 bits per heavy atom. The van der Waals surface area contributed by atoms with Gasteiger partial charge in [-0.1, -0.05) is 11.8 Å². The molecule has 5 nitrogen and oxygen atoms in total. The predicted molar refractivity (Wildman–Crippen MR) is 79.3 cm³/mol. The van der Waals surface area contributed by atoms with Crippen molar-refractivity contribution < 1.29 is 18.3 Å². The van der Waals surface area contributed by atoms with Gasteiger partial charge >= 0.3 is 0 Å². The van der Waals surface area contributed by atoms with Gasteiger partial charge in [-0.25, -0.2) is 8.42 Å². The average molecular weight is 309 g/mol. The van der Waals surface area contributed by atoms with Crippen LogP contribution in [0, 0.1) is 18.8 Å². The van der Waals surface area contributed by atoms with E-state index < -0.39 is 10.0 Å². The molecule has 1 saturated heterocycles. The normalized spacial score (nSPS) is 19.9. The molecule has 0 radical (unpaired) electrons. The number of nitrogens with zero attached hydrogens (tertiary/aromatic N) is 1. The minimum absolute atomic E-state index is 0.169. The van der Waals surface area contributed by atoms with Gasteiger partial charge in [0.25, 0.3) is 0 Å². The lowest BCUT2D eigenvalue weighted by molar-refractivity contribution is 0.0393. The molecule has 114 valence electrons. The van der Waals surface area contributed by atoms with Gasteiger partial charge in [0, 0.05) is 18.2 Å². The van der Waals surface area contributed by atoms with Crippen LogP contribution in [-0.2, 0) is 14.8 Å². The average Bonchev–Trinajstić information content (AvgIpc) is 2.46. The highest BCUT2D eigenvalue weighted by Gasteiger charge is 2.31. The summed E-state index contributed by atoms with van der Waals surface area (Å²) in [5, 5.41) is 8.71. The molecular weight excluding hydrogens is 290 g/mol. The highest BCUT2D eigenvalue weighted by molar-refractivity contribution is 7.89. The maximum atomic E-state index is 12.7. The summed E-state index contributed by atoms with van der Waals surface area (Å²) >= 11 is 0. The summed E-state index contributed by atoms with van der Waals surface area (Å²) in [7, 11) is -3.52. The Hall–Kier alpha value is -1.39. The largest absolute Gasteiger partial charge is 0.384 e.